The fraction of sp³-hybridized carbons (Fsp3) is 0.333. The molecule has 2 amide bonds. The van der Waals surface area contributed by atoms with E-state index < -0.39 is 11.8 Å². The lowest BCUT2D eigenvalue weighted by atomic mass is 9.97. The first-order valence-electron chi connectivity index (χ1n) is 10.7. The van der Waals surface area contributed by atoms with E-state index in [4.69, 9.17) is 0 Å². The lowest BCUT2D eigenvalue weighted by molar-refractivity contribution is -0.136. The van der Waals surface area contributed by atoms with Crippen LogP contribution in [-0.2, 0) is 9.59 Å². The number of carbonyl (C=O) groups excluding carboxylic acids is 2. The molecule has 1 atom stereocenters. The van der Waals surface area contributed by atoms with E-state index in [9.17, 15) is 9.59 Å². The molecule has 1 aliphatic carbocycles. The Labute approximate surface area is 181 Å². The first kappa shape index (κ1) is 20.8. The van der Waals surface area contributed by atoms with Gasteiger partial charge in [-0.15, -0.1) is 0 Å². The van der Waals surface area contributed by atoms with Crippen LogP contribution in [0.4, 0.5) is 5.69 Å². The number of benzene rings is 2. The molecule has 0 aliphatic heterocycles. The van der Waals surface area contributed by atoms with Gasteiger partial charge in [0.2, 0.25) is 0 Å². The zero-order valence-corrected chi connectivity index (χ0v) is 17.8. The maximum absolute atomic E-state index is 12.6. The molecule has 0 spiro atoms. The van der Waals surface area contributed by atoms with Crippen molar-refractivity contribution < 1.29 is 9.59 Å². The van der Waals surface area contributed by atoms with Crippen LogP contribution in [-0.4, -0.2) is 27.0 Å². The predicted octanol–water partition coefficient (Wildman–Crippen LogP) is 4.19. The van der Waals surface area contributed by atoms with Gasteiger partial charge in [0.05, 0.1) is 6.04 Å². The molecule has 0 radical (unpaired) electrons. The summed E-state index contributed by atoms with van der Waals surface area (Å²) in [7, 11) is 0. The minimum absolute atomic E-state index is 0.222. The van der Waals surface area contributed by atoms with Crippen molar-refractivity contribution in [1.82, 2.24) is 20.5 Å². The van der Waals surface area contributed by atoms with Crippen molar-refractivity contribution in [3.63, 3.8) is 0 Å². The van der Waals surface area contributed by atoms with Gasteiger partial charge in [-0.05, 0) is 42.9 Å². The Balaban J connectivity index is 1.42. The number of aromatic amines is 1. The third kappa shape index (κ3) is 5.36. The van der Waals surface area contributed by atoms with Crippen LogP contribution in [0.1, 0.15) is 56.5 Å². The number of nitrogens with one attached hydrogen (secondary N) is 3. The van der Waals surface area contributed by atoms with Gasteiger partial charge < -0.3 is 10.6 Å². The molecular weight excluding hydrogens is 390 g/mol. The fourth-order valence-corrected chi connectivity index (χ4v) is 3.53. The molecule has 3 aromatic rings. The van der Waals surface area contributed by atoms with Crippen LogP contribution in [0, 0.1) is 5.92 Å². The zero-order chi connectivity index (χ0) is 21.8. The largest absolute Gasteiger partial charge is 0.341 e. The first-order chi connectivity index (χ1) is 15.0. The maximum Gasteiger partial charge on any atom is 0.313 e. The van der Waals surface area contributed by atoms with Gasteiger partial charge >= 0.3 is 11.8 Å². The van der Waals surface area contributed by atoms with Gasteiger partial charge in [0, 0.05) is 17.2 Å². The number of nitrogens with zero attached hydrogens (tertiary/aromatic N) is 2. The third-order valence-corrected chi connectivity index (χ3v) is 5.27. The number of hydrogen-bond acceptors (Lipinski definition) is 4. The molecule has 4 rings (SSSR count). The van der Waals surface area contributed by atoms with Crippen LogP contribution in [0.25, 0.3) is 11.4 Å². The molecule has 31 heavy (non-hydrogen) atoms. The highest BCUT2D eigenvalue weighted by Crippen LogP contribution is 2.38. The number of aromatic nitrogens is 3. The van der Waals surface area contributed by atoms with E-state index in [1.165, 1.54) is 0 Å². The van der Waals surface area contributed by atoms with Gasteiger partial charge in [-0.2, -0.15) is 5.10 Å². The van der Waals surface area contributed by atoms with Crippen molar-refractivity contribution in [2.45, 2.75) is 45.1 Å². The molecule has 160 valence electrons. The van der Waals surface area contributed by atoms with Crippen LogP contribution in [0.3, 0.4) is 0 Å². The van der Waals surface area contributed by atoms with Crippen molar-refractivity contribution in [1.29, 1.82) is 0 Å². The quantitative estimate of drug-likeness (QED) is 0.502. The molecule has 7 heteroatoms. The molecule has 7 nitrogen and oxygen atoms in total. The van der Waals surface area contributed by atoms with Crippen molar-refractivity contribution >= 4 is 17.5 Å². The number of H-pyrrole nitrogens is 1. The van der Waals surface area contributed by atoms with Crippen LogP contribution < -0.4 is 10.6 Å². The highest BCUT2D eigenvalue weighted by Gasteiger charge is 2.27. The molecule has 1 saturated carbocycles. The van der Waals surface area contributed by atoms with Crippen LogP contribution >= 0.6 is 0 Å². The molecule has 1 fully saturated rings. The topological polar surface area (TPSA) is 99.8 Å². The minimum Gasteiger partial charge on any atom is -0.341 e. The lowest BCUT2D eigenvalue weighted by Gasteiger charge is -2.21. The summed E-state index contributed by atoms with van der Waals surface area (Å²) in [6, 6.07) is 16.7. The Kier molecular flexibility index (Phi) is 6.11. The van der Waals surface area contributed by atoms with E-state index in [0.29, 0.717) is 23.3 Å². The smallest absolute Gasteiger partial charge is 0.313 e. The predicted molar refractivity (Wildman–Crippen MR) is 119 cm³/mol. The van der Waals surface area contributed by atoms with E-state index in [1.807, 2.05) is 42.5 Å². The summed E-state index contributed by atoms with van der Waals surface area (Å²) in [6.07, 6.45) is 3.02. The standard InChI is InChI=1S/C24H27N5O2/c1-15(2)13-20(16-7-4-3-5-8-16)26-24(31)23(30)25-19-10-6-9-18(14-19)22-27-21(28-29-22)17-11-12-17/h3-10,14-15,17,20H,11-13H2,1-2H3,(H,25,30)(H,26,31)(H,27,28,29). The molecule has 0 bridgehead atoms. The number of hydrogen-bond donors (Lipinski definition) is 3. The summed E-state index contributed by atoms with van der Waals surface area (Å²) >= 11 is 0. The summed E-state index contributed by atoms with van der Waals surface area (Å²) in [5.74, 6) is 0.983. The second kappa shape index (κ2) is 9.12. The van der Waals surface area contributed by atoms with Gasteiger partial charge in [-0.25, -0.2) is 4.98 Å². The molecule has 0 saturated heterocycles. The van der Waals surface area contributed by atoms with E-state index in [2.05, 4.69) is 39.7 Å². The van der Waals surface area contributed by atoms with Gasteiger partial charge in [0.1, 0.15) is 5.82 Å². The van der Waals surface area contributed by atoms with Crippen LogP contribution in [0.5, 0.6) is 0 Å². The van der Waals surface area contributed by atoms with Gasteiger partial charge in [-0.1, -0.05) is 56.3 Å². The molecule has 1 aromatic heterocycles. The van der Waals surface area contributed by atoms with E-state index in [0.717, 1.165) is 36.2 Å². The molecule has 1 heterocycles. The van der Waals surface area contributed by atoms with Gasteiger partial charge in [0.15, 0.2) is 5.82 Å². The highest BCUT2D eigenvalue weighted by molar-refractivity contribution is 6.39. The molecule has 1 unspecified atom stereocenters. The molecule has 2 aromatic carbocycles. The first-order valence-corrected chi connectivity index (χ1v) is 10.7. The Bertz CT molecular complexity index is 1060. The molecule has 3 N–H and O–H groups in total. The Morgan fingerprint density at radius 1 is 1.06 bits per heavy atom. The minimum atomic E-state index is -0.699. The zero-order valence-electron chi connectivity index (χ0n) is 17.8. The summed E-state index contributed by atoms with van der Waals surface area (Å²) in [6.45, 7) is 4.18. The number of anilines is 1. The third-order valence-electron chi connectivity index (χ3n) is 5.27. The summed E-state index contributed by atoms with van der Waals surface area (Å²) in [4.78, 5) is 29.7. The Hall–Kier alpha value is -3.48. The lowest BCUT2D eigenvalue weighted by Crippen LogP contribution is -2.38. The van der Waals surface area contributed by atoms with Crippen molar-refractivity contribution in [3.05, 3.63) is 66.0 Å². The second-order valence-corrected chi connectivity index (χ2v) is 8.42. The SMILES string of the molecule is CC(C)CC(NC(=O)C(=O)Nc1cccc(-c2n[nH]c(C3CC3)n2)c1)c1ccccc1. The van der Waals surface area contributed by atoms with Crippen molar-refractivity contribution in [3.8, 4) is 11.4 Å². The summed E-state index contributed by atoms with van der Waals surface area (Å²) < 4.78 is 0. The number of rotatable bonds is 7. The van der Waals surface area contributed by atoms with Crippen LogP contribution in [0.2, 0.25) is 0 Å². The van der Waals surface area contributed by atoms with E-state index in [1.54, 1.807) is 12.1 Å². The Morgan fingerprint density at radius 3 is 2.55 bits per heavy atom. The normalized spacial score (nSPS) is 14.3. The average Bonchev–Trinajstić information content (AvgIpc) is 3.50. The van der Waals surface area contributed by atoms with Gasteiger partial charge in [0.25, 0.3) is 0 Å². The van der Waals surface area contributed by atoms with Crippen molar-refractivity contribution in [2.75, 3.05) is 5.32 Å². The fourth-order valence-electron chi connectivity index (χ4n) is 3.53. The summed E-state index contributed by atoms with van der Waals surface area (Å²) in [5.41, 5.74) is 2.29. The second-order valence-electron chi connectivity index (χ2n) is 8.42. The van der Waals surface area contributed by atoms with E-state index in [-0.39, 0.29) is 6.04 Å². The van der Waals surface area contributed by atoms with Crippen molar-refractivity contribution in [2.24, 2.45) is 5.92 Å². The molecular formula is C24H27N5O2. The number of carbonyl (C=O) groups is 2. The van der Waals surface area contributed by atoms with E-state index >= 15 is 0 Å². The van der Waals surface area contributed by atoms with Gasteiger partial charge in [-0.3, -0.25) is 14.7 Å². The average molecular weight is 418 g/mol. The summed E-state index contributed by atoms with van der Waals surface area (Å²) in [5, 5.41) is 12.8. The Morgan fingerprint density at radius 2 is 1.84 bits per heavy atom. The molecule has 1 aliphatic rings. The van der Waals surface area contributed by atoms with Crippen LogP contribution in [0.15, 0.2) is 54.6 Å². The highest BCUT2D eigenvalue weighted by atomic mass is 16.2. The maximum atomic E-state index is 12.6. The number of amides is 2. The monoisotopic (exact) mass is 417 g/mol.